The molecule has 0 bridgehead atoms. The zero-order chi connectivity index (χ0) is 17.5. The number of fused-ring (bicyclic) bond motifs is 1. The first-order valence-corrected chi connectivity index (χ1v) is 8.22. The molecule has 1 aliphatic heterocycles. The van der Waals surface area contributed by atoms with Gasteiger partial charge in [-0.3, -0.25) is 0 Å². The van der Waals surface area contributed by atoms with Crippen LogP contribution in [0.5, 0.6) is 0 Å². The molecule has 2 aromatic rings. The maximum Gasteiger partial charge on any atom is 0.416 e. The highest BCUT2D eigenvalue weighted by Crippen LogP contribution is 2.36. The summed E-state index contributed by atoms with van der Waals surface area (Å²) < 4.78 is 40.7. The summed E-state index contributed by atoms with van der Waals surface area (Å²) in [4.78, 5) is 0. The van der Waals surface area contributed by atoms with Crippen LogP contribution in [0, 0.1) is 0 Å². The van der Waals surface area contributed by atoms with Gasteiger partial charge in [-0.2, -0.15) is 18.3 Å². The molecule has 1 N–H and O–H groups in total. The minimum absolute atomic E-state index is 0.164. The first kappa shape index (κ1) is 16.9. The second-order valence-corrected chi connectivity index (χ2v) is 7.27. The number of hydrogen-bond donors (Lipinski definition) is 1. The van der Waals surface area contributed by atoms with Crippen molar-refractivity contribution in [3.8, 4) is 5.69 Å². The van der Waals surface area contributed by atoms with Gasteiger partial charge < -0.3 is 5.32 Å². The summed E-state index contributed by atoms with van der Waals surface area (Å²) in [5.74, 6) is 0.830. The van der Waals surface area contributed by atoms with Gasteiger partial charge in [0.05, 0.1) is 16.9 Å². The maximum absolute atomic E-state index is 13.0. The molecule has 1 aromatic heterocycles. The number of rotatable bonds is 1. The van der Waals surface area contributed by atoms with Gasteiger partial charge in [-0.15, -0.1) is 0 Å². The second kappa shape index (κ2) is 5.83. The summed E-state index contributed by atoms with van der Waals surface area (Å²) in [6.07, 6.45) is -1.37. The van der Waals surface area contributed by atoms with Gasteiger partial charge in [0.15, 0.2) is 0 Å². The van der Waals surface area contributed by atoms with Crippen molar-refractivity contribution in [2.75, 3.05) is 11.9 Å². The van der Waals surface area contributed by atoms with Gasteiger partial charge in [-0.25, -0.2) is 4.68 Å². The van der Waals surface area contributed by atoms with Crippen molar-refractivity contribution in [1.82, 2.24) is 9.78 Å². The molecule has 0 unspecified atom stereocenters. The van der Waals surface area contributed by atoms with Crippen LogP contribution in [0.4, 0.5) is 19.0 Å². The van der Waals surface area contributed by atoms with Gasteiger partial charge in [0.25, 0.3) is 0 Å². The van der Waals surface area contributed by atoms with Crippen LogP contribution in [-0.4, -0.2) is 16.3 Å². The zero-order valence-electron chi connectivity index (χ0n) is 14.2. The highest BCUT2D eigenvalue weighted by atomic mass is 19.4. The van der Waals surface area contributed by atoms with Crippen molar-refractivity contribution in [2.45, 2.75) is 51.6 Å². The van der Waals surface area contributed by atoms with E-state index in [0.29, 0.717) is 5.69 Å². The number of hydrogen-bond acceptors (Lipinski definition) is 2. The van der Waals surface area contributed by atoms with Crippen LogP contribution < -0.4 is 5.32 Å². The Labute approximate surface area is 139 Å². The summed E-state index contributed by atoms with van der Waals surface area (Å²) in [6.45, 7) is 7.05. The summed E-state index contributed by atoms with van der Waals surface area (Å²) >= 11 is 0. The topological polar surface area (TPSA) is 29.9 Å². The monoisotopic (exact) mass is 337 g/mol. The van der Waals surface area contributed by atoms with E-state index < -0.39 is 11.7 Å². The zero-order valence-corrected chi connectivity index (χ0v) is 14.2. The normalized spacial score (nSPS) is 15.6. The van der Waals surface area contributed by atoms with E-state index in [0.717, 1.165) is 55.0 Å². The predicted octanol–water partition coefficient (Wildman–Crippen LogP) is 4.94. The number of nitrogens with zero attached hydrogens (tertiary/aromatic N) is 2. The number of anilines is 1. The van der Waals surface area contributed by atoms with Crippen LogP contribution >= 0.6 is 0 Å². The molecule has 6 heteroatoms. The fourth-order valence-electron chi connectivity index (χ4n) is 3.11. The van der Waals surface area contributed by atoms with E-state index in [1.807, 2.05) is 0 Å². The molecular weight excluding hydrogens is 315 g/mol. The minimum Gasteiger partial charge on any atom is -0.370 e. The lowest BCUT2D eigenvalue weighted by Crippen LogP contribution is -2.15. The van der Waals surface area contributed by atoms with Crippen molar-refractivity contribution < 1.29 is 13.2 Å². The van der Waals surface area contributed by atoms with Crippen LogP contribution in [0.2, 0.25) is 0 Å². The number of alkyl halides is 3. The molecule has 24 heavy (non-hydrogen) atoms. The van der Waals surface area contributed by atoms with Crippen LogP contribution in [0.3, 0.4) is 0 Å². The van der Waals surface area contributed by atoms with Gasteiger partial charge in [0, 0.05) is 17.5 Å². The molecule has 130 valence electrons. The lowest BCUT2D eigenvalue weighted by molar-refractivity contribution is -0.137. The Morgan fingerprint density at radius 1 is 1.12 bits per heavy atom. The summed E-state index contributed by atoms with van der Waals surface area (Å²) in [6, 6.07) is 5.34. The number of nitrogens with one attached hydrogen (secondary N) is 1. The standard InChI is InChI=1S/C18H22F3N3/c1-17(2,3)15-14-9-4-5-10-22-16(14)24(23-15)13-8-6-7-12(11-13)18(19,20)21/h6-8,11,22H,4-5,9-10H2,1-3H3. The van der Waals surface area contributed by atoms with E-state index in [1.54, 1.807) is 10.7 Å². The molecular formula is C18H22F3N3. The summed E-state index contributed by atoms with van der Waals surface area (Å²) in [5, 5.41) is 8.05. The fraction of sp³-hybridized carbons (Fsp3) is 0.500. The molecule has 0 amide bonds. The van der Waals surface area contributed by atoms with E-state index in [2.05, 4.69) is 31.2 Å². The van der Waals surface area contributed by atoms with Gasteiger partial charge in [-0.1, -0.05) is 26.8 Å². The van der Waals surface area contributed by atoms with Gasteiger partial charge in [0.1, 0.15) is 5.82 Å². The molecule has 0 spiro atoms. The van der Waals surface area contributed by atoms with Crippen LogP contribution in [0.1, 0.15) is 50.4 Å². The Morgan fingerprint density at radius 3 is 2.54 bits per heavy atom. The largest absolute Gasteiger partial charge is 0.416 e. The molecule has 0 atom stereocenters. The van der Waals surface area contributed by atoms with Crippen molar-refractivity contribution >= 4 is 5.82 Å². The molecule has 3 rings (SSSR count). The molecule has 0 saturated heterocycles. The molecule has 0 fully saturated rings. The molecule has 1 aromatic carbocycles. The number of halogens is 3. The third kappa shape index (κ3) is 3.14. The summed E-state index contributed by atoms with van der Waals surface area (Å²) in [5.41, 5.74) is 1.69. The molecule has 2 heterocycles. The van der Waals surface area contributed by atoms with Gasteiger partial charge >= 0.3 is 6.18 Å². The highest BCUT2D eigenvalue weighted by molar-refractivity contribution is 5.56. The van der Waals surface area contributed by atoms with E-state index in [1.165, 1.54) is 6.07 Å². The Morgan fingerprint density at radius 2 is 1.88 bits per heavy atom. The van der Waals surface area contributed by atoms with Gasteiger partial charge in [-0.05, 0) is 37.5 Å². The van der Waals surface area contributed by atoms with Crippen molar-refractivity contribution in [3.05, 3.63) is 41.1 Å². The second-order valence-electron chi connectivity index (χ2n) is 7.27. The molecule has 1 aliphatic rings. The van der Waals surface area contributed by atoms with Crippen LogP contribution in [-0.2, 0) is 18.0 Å². The Bertz CT molecular complexity index is 739. The first-order chi connectivity index (χ1) is 11.2. The van der Waals surface area contributed by atoms with Crippen LogP contribution in [0.15, 0.2) is 24.3 Å². The quantitative estimate of drug-likeness (QED) is 0.799. The molecule has 0 saturated carbocycles. The van der Waals surface area contributed by atoms with Crippen molar-refractivity contribution in [1.29, 1.82) is 0 Å². The van der Waals surface area contributed by atoms with Crippen molar-refractivity contribution in [3.63, 3.8) is 0 Å². The predicted molar refractivity (Wildman–Crippen MR) is 88.7 cm³/mol. The third-order valence-corrected chi connectivity index (χ3v) is 4.26. The van der Waals surface area contributed by atoms with Crippen molar-refractivity contribution in [2.24, 2.45) is 0 Å². The lowest BCUT2D eigenvalue weighted by Gasteiger charge is -2.17. The number of aromatic nitrogens is 2. The molecule has 3 nitrogen and oxygen atoms in total. The highest BCUT2D eigenvalue weighted by Gasteiger charge is 2.32. The molecule has 0 radical (unpaired) electrons. The first-order valence-electron chi connectivity index (χ1n) is 8.22. The number of benzene rings is 1. The smallest absolute Gasteiger partial charge is 0.370 e. The van der Waals surface area contributed by atoms with E-state index >= 15 is 0 Å². The SMILES string of the molecule is CC(C)(C)c1nn(-c2cccc(C(F)(F)F)c2)c2c1CCCCN2. The fourth-order valence-corrected chi connectivity index (χ4v) is 3.11. The molecule has 0 aliphatic carbocycles. The summed E-state index contributed by atoms with van der Waals surface area (Å²) in [7, 11) is 0. The van der Waals surface area contributed by atoms with Gasteiger partial charge in [0.2, 0.25) is 0 Å². The van der Waals surface area contributed by atoms with E-state index in [4.69, 9.17) is 0 Å². The minimum atomic E-state index is -4.36. The Kier molecular flexibility index (Phi) is 4.10. The van der Waals surface area contributed by atoms with Crippen LogP contribution in [0.25, 0.3) is 5.69 Å². The lowest BCUT2D eigenvalue weighted by atomic mass is 9.88. The Balaban J connectivity index is 2.17. The average molecular weight is 337 g/mol. The van der Waals surface area contributed by atoms with E-state index in [-0.39, 0.29) is 5.41 Å². The van der Waals surface area contributed by atoms with E-state index in [9.17, 15) is 13.2 Å². The maximum atomic E-state index is 13.0. The Hall–Kier alpha value is -1.98. The third-order valence-electron chi connectivity index (χ3n) is 4.26. The average Bonchev–Trinajstić information content (AvgIpc) is 2.69.